The second-order valence-electron chi connectivity index (χ2n) is 6.22. The summed E-state index contributed by atoms with van der Waals surface area (Å²) in [6.07, 6.45) is 3.78. The summed E-state index contributed by atoms with van der Waals surface area (Å²) in [5, 5.41) is 13.6. The molecule has 1 amide bonds. The van der Waals surface area contributed by atoms with E-state index in [2.05, 4.69) is 10.3 Å². The van der Waals surface area contributed by atoms with Crippen LogP contribution in [0.4, 0.5) is 11.4 Å². The number of phenolic OH excluding ortho intramolecular Hbond substituents is 1. The van der Waals surface area contributed by atoms with E-state index in [1.54, 1.807) is 30.3 Å². The van der Waals surface area contributed by atoms with Crippen molar-refractivity contribution in [2.24, 2.45) is 10.7 Å². The Morgan fingerprint density at radius 2 is 2.16 bits per heavy atom. The number of hydrogen-bond acceptors (Lipinski definition) is 5. The summed E-state index contributed by atoms with van der Waals surface area (Å²) in [5.41, 5.74) is 13.9. The third-order valence-electron chi connectivity index (χ3n) is 4.52. The number of amides is 1. The van der Waals surface area contributed by atoms with Crippen molar-refractivity contribution in [2.75, 3.05) is 18.8 Å². The van der Waals surface area contributed by atoms with Gasteiger partial charge in [0.15, 0.2) is 0 Å². The van der Waals surface area contributed by atoms with Gasteiger partial charge in [-0.05, 0) is 49.1 Å². The first-order valence-corrected chi connectivity index (χ1v) is 8.32. The maximum Gasteiger partial charge on any atom is 0.250 e. The lowest BCUT2D eigenvalue weighted by Gasteiger charge is -2.23. The molecule has 1 heterocycles. The van der Waals surface area contributed by atoms with Crippen molar-refractivity contribution < 1.29 is 9.90 Å². The average molecular weight is 338 g/mol. The van der Waals surface area contributed by atoms with Gasteiger partial charge in [0.1, 0.15) is 11.4 Å². The number of benzene rings is 2. The van der Waals surface area contributed by atoms with Crippen molar-refractivity contribution in [3.05, 3.63) is 53.1 Å². The molecule has 0 bridgehead atoms. The number of piperidine rings is 1. The zero-order chi connectivity index (χ0) is 17.8. The highest BCUT2D eigenvalue weighted by Crippen LogP contribution is 2.32. The SMILES string of the molecule is NC(=O)c1cccc(C=Nc2ccc([C@@H]3CCCNC3)cc2O)c1N. The third kappa shape index (κ3) is 3.80. The number of para-hydroxylation sites is 1. The second-order valence-corrected chi connectivity index (χ2v) is 6.22. The molecule has 0 aliphatic carbocycles. The molecular weight excluding hydrogens is 316 g/mol. The zero-order valence-corrected chi connectivity index (χ0v) is 13.9. The minimum atomic E-state index is -0.582. The molecule has 1 atom stereocenters. The summed E-state index contributed by atoms with van der Waals surface area (Å²) >= 11 is 0. The van der Waals surface area contributed by atoms with E-state index in [9.17, 15) is 9.90 Å². The van der Waals surface area contributed by atoms with Gasteiger partial charge in [0.2, 0.25) is 0 Å². The van der Waals surface area contributed by atoms with Crippen LogP contribution in [0.3, 0.4) is 0 Å². The molecule has 2 aromatic rings. The van der Waals surface area contributed by atoms with E-state index in [-0.39, 0.29) is 17.0 Å². The molecule has 0 radical (unpaired) electrons. The Hall–Kier alpha value is -2.86. The minimum absolute atomic E-state index is 0.129. The van der Waals surface area contributed by atoms with Crippen LogP contribution in [0.15, 0.2) is 41.4 Å². The summed E-state index contributed by atoms with van der Waals surface area (Å²) in [6.45, 7) is 1.98. The number of nitrogens with zero attached hydrogens (tertiary/aromatic N) is 1. The van der Waals surface area contributed by atoms with Crippen LogP contribution in [0, 0.1) is 0 Å². The summed E-state index contributed by atoms with van der Waals surface area (Å²) in [4.78, 5) is 15.6. The molecule has 2 aromatic carbocycles. The highest BCUT2D eigenvalue weighted by atomic mass is 16.3. The van der Waals surface area contributed by atoms with E-state index in [1.165, 1.54) is 6.21 Å². The van der Waals surface area contributed by atoms with Gasteiger partial charge in [-0.15, -0.1) is 0 Å². The topological polar surface area (TPSA) is 114 Å². The van der Waals surface area contributed by atoms with Crippen LogP contribution in [-0.2, 0) is 0 Å². The molecule has 0 unspecified atom stereocenters. The number of carbonyl (C=O) groups is 1. The Labute approximate surface area is 146 Å². The van der Waals surface area contributed by atoms with Crippen molar-refractivity contribution >= 4 is 23.5 Å². The quantitative estimate of drug-likeness (QED) is 0.506. The fourth-order valence-corrected chi connectivity index (χ4v) is 3.09. The second kappa shape index (κ2) is 7.36. The third-order valence-corrected chi connectivity index (χ3v) is 4.52. The van der Waals surface area contributed by atoms with E-state index in [4.69, 9.17) is 11.5 Å². The van der Waals surface area contributed by atoms with Crippen LogP contribution in [0.1, 0.15) is 40.2 Å². The fourth-order valence-electron chi connectivity index (χ4n) is 3.09. The van der Waals surface area contributed by atoms with Gasteiger partial charge in [-0.3, -0.25) is 9.79 Å². The molecule has 1 aliphatic heterocycles. The van der Waals surface area contributed by atoms with Crippen molar-refractivity contribution in [3.8, 4) is 5.75 Å². The highest BCUT2D eigenvalue weighted by molar-refractivity contribution is 6.02. The molecule has 3 rings (SSSR count). The van der Waals surface area contributed by atoms with Gasteiger partial charge in [0.05, 0.1) is 11.3 Å². The Bertz CT molecular complexity index is 811. The zero-order valence-electron chi connectivity index (χ0n) is 13.9. The maximum atomic E-state index is 11.3. The Kier molecular flexibility index (Phi) is 5.00. The fraction of sp³-hybridized carbons (Fsp3) is 0.263. The Morgan fingerprint density at radius 1 is 1.32 bits per heavy atom. The molecule has 25 heavy (non-hydrogen) atoms. The number of nitrogens with two attached hydrogens (primary N) is 2. The van der Waals surface area contributed by atoms with E-state index in [0.29, 0.717) is 17.2 Å². The lowest BCUT2D eigenvalue weighted by atomic mass is 9.91. The molecule has 6 nitrogen and oxygen atoms in total. The number of anilines is 1. The molecule has 0 spiro atoms. The van der Waals surface area contributed by atoms with E-state index in [1.807, 2.05) is 6.07 Å². The first-order valence-electron chi connectivity index (χ1n) is 8.32. The van der Waals surface area contributed by atoms with E-state index < -0.39 is 5.91 Å². The van der Waals surface area contributed by atoms with Crippen molar-refractivity contribution in [2.45, 2.75) is 18.8 Å². The summed E-state index contributed by atoms with van der Waals surface area (Å²) in [6, 6.07) is 10.6. The predicted octanol–water partition coefficient (Wildman–Crippen LogP) is 2.29. The summed E-state index contributed by atoms with van der Waals surface area (Å²) in [5.74, 6) is -0.0365. The first-order chi connectivity index (χ1) is 12.1. The largest absolute Gasteiger partial charge is 0.506 e. The first kappa shape index (κ1) is 17.0. The maximum absolute atomic E-state index is 11.3. The molecule has 0 saturated carbocycles. The normalized spacial score (nSPS) is 17.7. The number of nitrogens with one attached hydrogen (secondary N) is 1. The van der Waals surface area contributed by atoms with Gasteiger partial charge in [-0.2, -0.15) is 0 Å². The molecule has 130 valence electrons. The number of hydrogen-bond donors (Lipinski definition) is 4. The Balaban J connectivity index is 1.82. The molecule has 0 aromatic heterocycles. The lowest BCUT2D eigenvalue weighted by Crippen LogP contribution is -2.28. The highest BCUT2D eigenvalue weighted by Gasteiger charge is 2.16. The number of rotatable bonds is 4. The van der Waals surface area contributed by atoms with Crippen LogP contribution in [-0.4, -0.2) is 30.3 Å². The monoisotopic (exact) mass is 338 g/mol. The van der Waals surface area contributed by atoms with Gasteiger partial charge in [-0.1, -0.05) is 18.2 Å². The number of phenols is 1. The van der Waals surface area contributed by atoms with Gasteiger partial charge < -0.3 is 21.9 Å². The molecule has 1 fully saturated rings. The van der Waals surface area contributed by atoms with Crippen molar-refractivity contribution in [3.63, 3.8) is 0 Å². The van der Waals surface area contributed by atoms with E-state index >= 15 is 0 Å². The van der Waals surface area contributed by atoms with Crippen LogP contribution in [0.25, 0.3) is 0 Å². The van der Waals surface area contributed by atoms with Crippen LogP contribution >= 0.6 is 0 Å². The number of primary amides is 1. The number of aromatic hydroxyl groups is 1. The van der Waals surface area contributed by atoms with Gasteiger partial charge >= 0.3 is 0 Å². The lowest BCUT2D eigenvalue weighted by molar-refractivity contribution is 0.100. The van der Waals surface area contributed by atoms with Gasteiger partial charge in [0, 0.05) is 18.3 Å². The summed E-state index contributed by atoms with van der Waals surface area (Å²) in [7, 11) is 0. The Morgan fingerprint density at radius 3 is 2.84 bits per heavy atom. The average Bonchev–Trinajstić information content (AvgIpc) is 2.62. The molecule has 6 N–H and O–H groups in total. The molecule has 6 heteroatoms. The smallest absolute Gasteiger partial charge is 0.250 e. The predicted molar refractivity (Wildman–Crippen MR) is 99.6 cm³/mol. The van der Waals surface area contributed by atoms with Gasteiger partial charge in [-0.25, -0.2) is 0 Å². The number of carbonyl (C=O) groups excluding carboxylic acids is 1. The number of nitrogen functional groups attached to an aromatic ring is 1. The molecule has 1 aliphatic rings. The van der Waals surface area contributed by atoms with Crippen molar-refractivity contribution in [1.82, 2.24) is 5.32 Å². The van der Waals surface area contributed by atoms with E-state index in [0.717, 1.165) is 31.5 Å². The number of aliphatic imine (C=N–C) groups is 1. The van der Waals surface area contributed by atoms with Crippen LogP contribution < -0.4 is 16.8 Å². The van der Waals surface area contributed by atoms with Gasteiger partial charge in [0.25, 0.3) is 5.91 Å². The molecular formula is C19H22N4O2. The standard InChI is InChI=1S/C19H22N4O2/c20-18-14(3-1-5-15(18)19(21)25)11-23-16-7-6-12(9-17(16)24)13-4-2-8-22-10-13/h1,3,5-7,9,11,13,22,24H,2,4,8,10,20H2,(H2,21,25)/t13-/m1/s1. The molecule has 1 saturated heterocycles. The van der Waals surface area contributed by atoms with Crippen LogP contribution in [0.5, 0.6) is 5.75 Å². The van der Waals surface area contributed by atoms with Crippen molar-refractivity contribution in [1.29, 1.82) is 0 Å². The minimum Gasteiger partial charge on any atom is -0.506 e. The summed E-state index contributed by atoms with van der Waals surface area (Å²) < 4.78 is 0. The van der Waals surface area contributed by atoms with Crippen LogP contribution in [0.2, 0.25) is 0 Å².